The Balaban J connectivity index is 2.42. The van der Waals surface area contributed by atoms with E-state index in [4.69, 9.17) is 0 Å². The van der Waals surface area contributed by atoms with Crippen LogP contribution in [0.4, 0.5) is 0 Å². The van der Waals surface area contributed by atoms with Crippen LogP contribution in [0.5, 0.6) is 0 Å². The molecule has 94 valence electrons. The van der Waals surface area contributed by atoms with E-state index < -0.39 is 0 Å². The fourth-order valence-electron chi connectivity index (χ4n) is 2.20. The zero-order valence-electron chi connectivity index (χ0n) is 10.8. The standard InChI is InChI=1S/C16H18BrN/c1-3-12-7-6-8-13(11-12)16(18-2)14-9-4-5-10-15(14)17/h4-11,16,18H,3H2,1-2H3. The van der Waals surface area contributed by atoms with Crippen molar-refractivity contribution in [3.05, 3.63) is 69.7 Å². The summed E-state index contributed by atoms with van der Waals surface area (Å²) >= 11 is 3.63. The molecule has 2 aromatic rings. The molecule has 2 rings (SSSR count). The van der Waals surface area contributed by atoms with Crippen LogP contribution >= 0.6 is 15.9 Å². The molecule has 1 nitrogen and oxygen atoms in total. The molecule has 18 heavy (non-hydrogen) atoms. The molecule has 2 aromatic carbocycles. The van der Waals surface area contributed by atoms with Gasteiger partial charge in [0.1, 0.15) is 0 Å². The van der Waals surface area contributed by atoms with E-state index in [0.717, 1.165) is 10.9 Å². The fraction of sp³-hybridized carbons (Fsp3) is 0.250. The number of aryl methyl sites for hydroxylation is 1. The van der Waals surface area contributed by atoms with Gasteiger partial charge in [0, 0.05) is 4.47 Å². The van der Waals surface area contributed by atoms with Crippen molar-refractivity contribution < 1.29 is 0 Å². The molecule has 0 aliphatic heterocycles. The third-order valence-corrected chi connectivity index (χ3v) is 3.92. The second-order valence-electron chi connectivity index (χ2n) is 4.34. The lowest BCUT2D eigenvalue weighted by molar-refractivity contribution is 0.688. The number of benzene rings is 2. The Bertz CT molecular complexity index is 522. The van der Waals surface area contributed by atoms with Gasteiger partial charge in [-0.05, 0) is 36.2 Å². The molecule has 1 unspecified atom stereocenters. The Morgan fingerprint density at radius 3 is 2.56 bits per heavy atom. The normalized spacial score (nSPS) is 12.4. The molecule has 1 atom stereocenters. The largest absolute Gasteiger partial charge is 0.309 e. The molecule has 0 aliphatic carbocycles. The van der Waals surface area contributed by atoms with Gasteiger partial charge in [-0.3, -0.25) is 0 Å². The summed E-state index contributed by atoms with van der Waals surface area (Å²) in [5, 5.41) is 3.40. The Labute approximate surface area is 117 Å². The van der Waals surface area contributed by atoms with Gasteiger partial charge >= 0.3 is 0 Å². The van der Waals surface area contributed by atoms with Crippen molar-refractivity contribution in [2.75, 3.05) is 7.05 Å². The van der Waals surface area contributed by atoms with E-state index in [1.54, 1.807) is 0 Å². The van der Waals surface area contributed by atoms with E-state index in [-0.39, 0.29) is 6.04 Å². The van der Waals surface area contributed by atoms with Crippen molar-refractivity contribution in [1.82, 2.24) is 5.32 Å². The van der Waals surface area contributed by atoms with Gasteiger partial charge in [0.05, 0.1) is 6.04 Å². The molecular formula is C16H18BrN. The number of nitrogens with one attached hydrogen (secondary N) is 1. The van der Waals surface area contributed by atoms with Crippen LogP contribution < -0.4 is 5.32 Å². The molecule has 0 heterocycles. The molecule has 0 aliphatic rings. The molecule has 0 bridgehead atoms. The van der Waals surface area contributed by atoms with Gasteiger partial charge < -0.3 is 5.32 Å². The van der Waals surface area contributed by atoms with Gasteiger partial charge in [0.25, 0.3) is 0 Å². The third kappa shape index (κ3) is 2.82. The highest BCUT2D eigenvalue weighted by Gasteiger charge is 2.14. The van der Waals surface area contributed by atoms with Gasteiger partial charge in [-0.2, -0.15) is 0 Å². The molecule has 1 N–H and O–H groups in total. The molecule has 0 saturated carbocycles. The lowest BCUT2D eigenvalue weighted by atomic mass is 9.97. The quantitative estimate of drug-likeness (QED) is 0.887. The highest BCUT2D eigenvalue weighted by Crippen LogP contribution is 2.28. The predicted octanol–water partition coefficient (Wildman–Crippen LogP) is 4.32. The Morgan fingerprint density at radius 2 is 1.89 bits per heavy atom. The van der Waals surface area contributed by atoms with Crippen LogP contribution in [-0.4, -0.2) is 7.05 Å². The van der Waals surface area contributed by atoms with Crippen molar-refractivity contribution in [1.29, 1.82) is 0 Å². The Morgan fingerprint density at radius 1 is 1.11 bits per heavy atom. The smallest absolute Gasteiger partial charge is 0.0585 e. The van der Waals surface area contributed by atoms with Crippen LogP contribution in [0.2, 0.25) is 0 Å². The second kappa shape index (κ2) is 6.17. The number of halogens is 1. The first-order valence-corrected chi connectivity index (χ1v) is 7.06. The van der Waals surface area contributed by atoms with Crippen LogP contribution in [0.25, 0.3) is 0 Å². The van der Waals surface area contributed by atoms with Gasteiger partial charge in [0.15, 0.2) is 0 Å². The topological polar surface area (TPSA) is 12.0 Å². The number of rotatable bonds is 4. The van der Waals surface area contributed by atoms with Gasteiger partial charge in [-0.15, -0.1) is 0 Å². The van der Waals surface area contributed by atoms with Crippen molar-refractivity contribution >= 4 is 15.9 Å². The first-order chi connectivity index (χ1) is 8.76. The predicted molar refractivity (Wildman–Crippen MR) is 80.9 cm³/mol. The van der Waals surface area contributed by atoms with Crippen LogP contribution in [0.3, 0.4) is 0 Å². The lowest BCUT2D eigenvalue weighted by Gasteiger charge is -2.19. The Kier molecular flexibility index (Phi) is 4.56. The minimum absolute atomic E-state index is 0.229. The van der Waals surface area contributed by atoms with Crippen molar-refractivity contribution in [2.45, 2.75) is 19.4 Å². The highest BCUT2D eigenvalue weighted by molar-refractivity contribution is 9.10. The van der Waals surface area contributed by atoms with E-state index in [9.17, 15) is 0 Å². The van der Waals surface area contributed by atoms with E-state index in [1.807, 2.05) is 13.1 Å². The summed E-state index contributed by atoms with van der Waals surface area (Å²) in [7, 11) is 2.00. The van der Waals surface area contributed by atoms with E-state index in [1.165, 1.54) is 16.7 Å². The number of hydrogen-bond donors (Lipinski definition) is 1. The van der Waals surface area contributed by atoms with Gasteiger partial charge in [-0.1, -0.05) is 65.3 Å². The fourth-order valence-corrected chi connectivity index (χ4v) is 2.72. The van der Waals surface area contributed by atoms with Crippen LogP contribution in [0.15, 0.2) is 53.0 Å². The molecular weight excluding hydrogens is 286 g/mol. The zero-order valence-corrected chi connectivity index (χ0v) is 12.4. The minimum Gasteiger partial charge on any atom is -0.309 e. The highest BCUT2D eigenvalue weighted by atomic mass is 79.9. The molecule has 0 saturated heterocycles. The van der Waals surface area contributed by atoms with Crippen LogP contribution in [0.1, 0.15) is 29.7 Å². The van der Waals surface area contributed by atoms with Gasteiger partial charge in [0.2, 0.25) is 0 Å². The maximum Gasteiger partial charge on any atom is 0.0585 e. The summed E-state index contributed by atoms with van der Waals surface area (Å²) in [5.41, 5.74) is 3.96. The van der Waals surface area contributed by atoms with E-state index in [0.29, 0.717) is 0 Å². The van der Waals surface area contributed by atoms with Crippen molar-refractivity contribution in [3.8, 4) is 0 Å². The average molecular weight is 304 g/mol. The first kappa shape index (κ1) is 13.3. The van der Waals surface area contributed by atoms with Crippen molar-refractivity contribution in [2.24, 2.45) is 0 Å². The maximum atomic E-state index is 3.63. The molecule has 0 amide bonds. The zero-order chi connectivity index (χ0) is 13.0. The summed E-state index contributed by atoms with van der Waals surface area (Å²) in [4.78, 5) is 0. The average Bonchev–Trinajstić information content (AvgIpc) is 2.42. The lowest BCUT2D eigenvalue weighted by Crippen LogP contribution is -2.18. The SMILES string of the molecule is CCc1cccc(C(NC)c2ccccc2Br)c1. The second-order valence-corrected chi connectivity index (χ2v) is 5.20. The molecule has 0 fully saturated rings. The first-order valence-electron chi connectivity index (χ1n) is 6.26. The summed E-state index contributed by atoms with van der Waals surface area (Å²) in [6, 6.07) is 17.4. The van der Waals surface area contributed by atoms with Crippen molar-refractivity contribution in [3.63, 3.8) is 0 Å². The van der Waals surface area contributed by atoms with Crippen LogP contribution in [-0.2, 0) is 6.42 Å². The van der Waals surface area contributed by atoms with E-state index >= 15 is 0 Å². The summed E-state index contributed by atoms with van der Waals surface area (Å²) in [6.45, 7) is 2.19. The molecule has 0 aromatic heterocycles. The third-order valence-electron chi connectivity index (χ3n) is 3.20. The number of hydrogen-bond acceptors (Lipinski definition) is 1. The van der Waals surface area contributed by atoms with Gasteiger partial charge in [-0.25, -0.2) is 0 Å². The molecule has 0 spiro atoms. The summed E-state index contributed by atoms with van der Waals surface area (Å²) in [6.07, 6.45) is 1.07. The monoisotopic (exact) mass is 303 g/mol. The molecule has 2 heteroatoms. The maximum absolute atomic E-state index is 3.63. The minimum atomic E-state index is 0.229. The van der Waals surface area contributed by atoms with Crippen LogP contribution in [0, 0.1) is 0 Å². The molecule has 0 radical (unpaired) electrons. The summed E-state index contributed by atoms with van der Waals surface area (Å²) < 4.78 is 1.14. The Hall–Kier alpha value is -1.12. The van der Waals surface area contributed by atoms with E-state index in [2.05, 4.69) is 70.6 Å². The summed E-state index contributed by atoms with van der Waals surface area (Å²) in [5.74, 6) is 0.